The van der Waals surface area contributed by atoms with E-state index in [0.29, 0.717) is 0 Å². The smallest absolute Gasteiger partial charge is 0.408 e. The molecule has 1 heterocycles. The summed E-state index contributed by atoms with van der Waals surface area (Å²) >= 11 is 0. The monoisotopic (exact) mass is 351 g/mol. The van der Waals surface area contributed by atoms with Crippen molar-refractivity contribution in [3.8, 4) is 0 Å². The van der Waals surface area contributed by atoms with E-state index in [1.165, 1.54) is 0 Å². The van der Waals surface area contributed by atoms with E-state index in [4.69, 9.17) is 9.47 Å². The Morgan fingerprint density at radius 2 is 1.75 bits per heavy atom. The first-order chi connectivity index (χ1) is 11.0. The molecule has 1 aliphatic rings. The fourth-order valence-corrected chi connectivity index (χ4v) is 2.24. The fourth-order valence-electron chi connectivity index (χ4n) is 2.24. The number of rotatable bonds is 4. The van der Waals surface area contributed by atoms with Crippen LogP contribution in [-0.4, -0.2) is 88.4 Å². The van der Waals surface area contributed by atoms with Gasteiger partial charge in [0.1, 0.15) is 36.1 Å². The SMILES string of the molecule is COC(=O)C(NC(=O)OC(C)(C)C)[C@H]1OC(CO)[C@H](O)[C@H](O)C1O. The number of amides is 1. The molecule has 0 aromatic rings. The molecule has 1 aliphatic heterocycles. The van der Waals surface area contributed by atoms with Crippen LogP contribution in [0.4, 0.5) is 4.79 Å². The van der Waals surface area contributed by atoms with Crippen LogP contribution in [0.5, 0.6) is 0 Å². The van der Waals surface area contributed by atoms with Gasteiger partial charge in [-0.15, -0.1) is 0 Å². The minimum Gasteiger partial charge on any atom is -0.467 e. The molecule has 1 amide bonds. The van der Waals surface area contributed by atoms with Crippen molar-refractivity contribution in [2.24, 2.45) is 0 Å². The molecule has 10 heteroatoms. The van der Waals surface area contributed by atoms with Gasteiger partial charge in [-0.25, -0.2) is 9.59 Å². The fraction of sp³-hybridized carbons (Fsp3) is 0.857. The van der Waals surface area contributed by atoms with Crippen molar-refractivity contribution in [3.63, 3.8) is 0 Å². The third-order valence-corrected chi connectivity index (χ3v) is 3.39. The topological polar surface area (TPSA) is 155 Å². The third kappa shape index (κ3) is 5.02. The number of alkyl carbamates (subject to hydrolysis) is 1. The Morgan fingerprint density at radius 1 is 1.17 bits per heavy atom. The quantitative estimate of drug-likeness (QED) is 0.358. The number of esters is 1. The molecular formula is C14H25NO9. The van der Waals surface area contributed by atoms with Crippen LogP contribution in [0, 0.1) is 0 Å². The van der Waals surface area contributed by atoms with Crippen molar-refractivity contribution in [1.82, 2.24) is 5.32 Å². The van der Waals surface area contributed by atoms with E-state index >= 15 is 0 Å². The average Bonchev–Trinajstić information content (AvgIpc) is 2.48. The van der Waals surface area contributed by atoms with Gasteiger partial charge in [0, 0.05) is 0 Å². The average molecular weight is 351 g/mol. The molecule has 0 bridgehead atoms. The van der Waals surface area contributed by atoms with E-state index in [1.807, 2.05) is 0 Å². The van der Waals surface area contributed by atoms with Crippen LogP contribution in [0.15, 0.2) is 0 Å². The molecule has 1 saturated heterocycles. The summed E-state index contributed by atoms with van der Waals surface area (Å²) in [4.78, 5) is 23.8. The summed E-state index contributed by atoms with van der Waals surface area (Å²) in [5, 5.41) is 41.0. The number of nitrogens with one attached hydrogen (secondary N) is 1. The largest absolute Gasteiger partial charge is 0.467 e. The van der Waals surface area contributed by atoms with Crippen molar-refractivity contribution in [3.05, 3.63) is 0 Å². The number of aliphatic hydroxyl groups is 4. The minimum absolute atomic E-state index is 0.665. The van der Waals surface area contributed by atoms with Crippen LogP contribution in [-0.2, 0) is 19.0 Å². The lowest BCUT2D eigenvalue weighted by Gasteiger charge is -2.42. The van der Waals surface area contributed by atoms with Crippen molar-refractivity contribution in [2.45, 2.75) is 62.9 Å². The maximum Gasteiger partial charge on any atom is 0.408 e. The second kappa shape index (κ2) is 8.08. The molecule has 0 aliphatic carbocycles. The summed E-state index contributed by atoms with van der Waals surface area (Å²) in [6.45, 7) is 4.19. The standard InChI is InChI=1S/C14H25NO9/c1-14(2,3)24-13(21)15-7(12(20)22-4)11-10(19)9(18)8(17)6(5-16)23-11/h6-11,16-19H,5H2,1-4H3,(H,15,21)/t6?,7?,8-,9-,10?,11+/m0/s1. The number of carbonyl (C=O) groups is 2. The molecule has 140 valence electrons. The summed E-state index contributed by atoms with van der Waals surface area (Å²) < 4.78 is 14.9. The van der Waals surface area contributed by atoms with Gasteiger partial charge in [0.05, 0.1) is 13.7 Å². The van der Waals surface area contributed by atoms with E-state index in [0.717, 1.165) is 7.11 Å². The molecule has 1 rings (SSSR count). The van der Waals surface area contributed by atoms with Gasteiger partial charge in [0.2, 0.25) is 0 Å². The Labute approximate surface area is 139 Å². The molecule has 5 N–H and O–H groups in total. The normalized spacial score (nSPS) is 31.9. The number of hydrogen-bond donors (Lipinski definition) is 5. The lowest BCUT2D eigenvalue weighted by molar-refractivity contribution is -0.236. The highest BCUT2D eigenvalue weighted by atomic mass is 16.6. The highest BCUT2D eigenvalue weighted by Crippen LogP contribution is 2.24. The Morgan fingerprint density at radius 3 is 2.21 bits per heavy atom. The maximum absolute atomic E-state index is 12.0. The molecular weight excluding hydrogens is 326 g/mol. The van der Waals surface area contributed by atoms with E-state index in [2.05, 4.69) is 10.1 Å². The molecule has 0 radical (unpaired) electrons. The number of aliphatic hydroxyl groups excluding tert-OH is 4. The number of carbonyl (C=O) groups excluding carboxylic acids is 2. The third-order valence-electron chi connectivity index (χ3n) is 3.39. The van der Waals surface area contributed by atoms with Crippen LogP contribution in [0.2, 0.25) is 0 Å². The summed E-state index contributed by atoms with van der Waals surface area (Å²) in [6.07, 6.45) is -8.62. The van der Waals surface area contributed by atoms with Gasteiger partial charge in [0.15, 0.2) is 6.04 Å². The van der Waals surface area contributed by atoms with Crippen molar-refractivity contribution >= 4 is 12.1 Å². The summed E-state index contributed by atoms with van der Waals surface area (Å²) in [7, 11) is 1.07. The molecule has 1 fully saturated rings. The molecule has 0 aromatic heterocycles. The second-order valence-corrected chi connectivity index (χ2v) is 6.44. The Bertz CT molecular complexity index is 448. The molecule has 3 unspecified atom stereocenters. The van der Waals surface area contributed by atoms with Crippen LogP contribution in [0.25, 0.3) is 0 Å². The van der Waals surface area contributed by atoms with E-state index in [1.54, 1.807) is 20.8 Å². The van der Waals surface area contributed by atoms with Crippen LogP contribution >= 0.6 is 0 Å². The first-order valence-corrected chi connectivity index (χ1v) is 7.39. The molecule has 0 spiro atoms. The molecule has 24 heavy (non-hydrogen) atoms. The summed E-state index contributed by atoms with van der Waals surface area (Å²) in [5.41, 5.74) is -0.833. The van der Waals surface area contributed by atoms with Gasteiger partial charge in [-0.3, -0.25) is 0 Å². The molecule has 10 nitrogen and oxygen atoms in total. The summed E-state index contributed by atoms with van der Waals surface area (Å²) in [5.74, 6) is -0.954. The first-order valence-electron chi connectivity index (χ1n) is 7.39. The van der Waals surface area contributed by atoms with E-state index < -0.39 is 60.8 Å². The highest BCUT2D eigenvalue weighted by Gasteiger charge is 2.49. The van der Waals surface area contributed by atoms with Crippen molar-refractivity contribution in [2.75, 3.05) is 13.7 Å². The van der Waals surface area contributed by atoms with Gasteiger partial charge in [-0.1, -0.05) is 0 Å². The lowest BCUT2D eigenvalue weighted by atomic mass is 9.91. The Balaban J connectivity index is 2.98. The van der Waals surface area contributed by atoms with Gasteiger partial charge in [-0.05, 0) is 20.8 Å². The zero-order chi connectivity index (χ0) is 18.7. The number of hydrogen-bond acceptors (Lipinski definition) is 9. The maximum atomic E-state index is 12.0. The zero-order valence-corrected chi connectivity index (χ0v) is 14.0. The lowest BCUT2D eigenvalue weighted by Crippen LogP contribution is -2.65. The van der Waals surface area contributed by atoms with Crippen molar-refractivity contribution in [1.29, 1.82) is 0 Å². The van der Waals surface area contributed by atoms with Gasteiger partial charge in [-0.2, -0.15) is 0 Å². The molecule has 0 aromatic carbocycles. The molecule has 6 atom stereocenters. The van der Waals surface area contributed by atoms with Crippen molar-refractivity contribution < 1.29 is 44.2 Å². The Kier molecular flexibility index (Phi) is 6.93. The van der Waals surface area contributed by atoms with E-state index in [-0.39, 0.29) is 0 Å². The Hall–Kier alpha value is -1.46. The number of methoxy groups -OCH3 is 1. The molecule has 0 saturated carbocycles. The van der Waals surface area contributed by atoms with Crippen LogP contribution in [0.3, 0.4) is 0 Å². The predicted octanol–water partition coefficient (Wildman–Crippen LogP) is -2.10. The zero-order valence-electron chi connectivity index (χ0n) is 14.0. The minimum atomic E-state index is -1.71. The van der Waals surface area contributed by atoms with Gasteiger partial charge < -0.3 is 40.0 Å². The predicted molar refractivity (Wildman–Crippen MR) is 78.9 cm³/mol. The summed E-state index contributed by atoms with van der Waals surface area (Å²) in [6, 6.07) is -1.52. The van der Waals surface area contributed by atoms with Crippen LogP contribution < -0.4 is 5.32 Å². The van der Waals surface area contributed by atoms with Crippen LogP contribution in [0.1, 0.15) is 20.8 Å². The van der Waals surface area contributed by atoms with Gasteiger partial charge >= 0.3 is 12.1 Å². The second-order valence-electron chi connectivity index (χ2n) is 6.44. The highest BCUT2D eigenvalue weighted by molar-refractivity contribution is 5.82. The van der Waals surface area contributed by atoms with Gasteiger partial charge in [0.25, 0.3) is 0 Å². The number of ether oxygens (including phenoxy) is 3. The van der Waals surface area contributed by atoms with E-state index in [9.17, 15) is 30.0 Å². The first kappa shape index (κ1) is 20.6.